The highest BCUT2D eigenvalue weighted by Gasteiger charge is 2.36. The van der Waals surface area contributed by atoms with Crippen LogP contribution in [0.25, 0.3) is 0 Å². The summed E-state index contributed by atoms with van der Waals surface area (Å²) in [6.45, 7) is 10.00. The number of carbonyl (C=O) groups excluding carboxylic acids is 2. The van der Waals surface area contributed by atoms with Crippen LogP contribution in [0, 0.1) is 5.92 Å². The summed E-state index contributed by atoms with van der Waals surface area (Å²) in [5, 5.41) is 0. The van der Waals surface area contributed by atoms with Crippen LogP contribution in [0.5, 0.6) is 0 Å². The molecule has 154 valence electrons. The highest BCUT2D eigenvalue weighted by molar-refractivity contribution is 5.87. The number of nitrogens with zero attached hydrogens (tertiary/aromatic N) is 3. The van der Waals surface area contributed by atoms with Gasteiger partial charge in [0.05, 0.1) is 0 Å². The fourth-order valence-corrected chi connectivity index (χ4v) is 4.27. The summed E-state index contributed by atoms with van der Waals surface area (Å²) >= 11 is 0. The molecule has 0 bridgehead atoms. The maximum atomic E-state index is 13.0. The van der Waals surface area contributed by atoms with Gasteiger partial charge in [-0.2, -0.15) is 0 Å². The molecule has 2 aliphatic rings. The molecule has 6 heteroatoms. The molecule has 0 aliphatic carbocycles. The summed E-state index contributed by atoms with van der Waals surface area (Å²) in [6.07, 6.45) is 2.35. The topological polar surface area (TPSA) is 69.9 Å². The van der Waals surface area contributed by atoms with Crippen LogP contribution >= 0.6 is 0 Å². The second kappa shape index (κ2) is 9.05. The van der Waals surface area contributed by atoms with Gasteiger partial charge in [0.1, 0.15) is 5.54 Å². The second-order valence-corrected chi connectivity index (χ2v) is 8.32. The van der Waals surface area contributed by atoms with E-state index >= 15 is 0 Å². The lowest BCUT2D eigenvalue weighted by Gasteiger charge is -2.38. The Labute approximate surface area is 168 Å². The summed E-state index contributed by atoms with van der Waals surface area (Å²) in [5.74, 6) is 0.606. The molecule has 2 saturated heterocycles. The molecule has 1 atom stereocenters. The van der Waals surface area contributed by atoms with E-state index in [1.165, 1.54) is 0 Å². The molecule has 0 saturated carbocycles. The van der Waals surface area contributed by atoms with Crippen LogP contribution in [0.15, 0.2) is 30.3 Å². The first-order chi connectivity index (χ1) is 13.4. The lowest BCUT2D eigenvalue weighted by Crippen LogP contribution is -2.53. The van der Waals surface area contributed by atoms with Crippen molar-refractivity contribution in [2.75, 3.05) is 45.8 Å². The number of likely N-dealkylation sites (tertiary alicyclic amines) is 1. The van der Waals surface area contributed by atoms with E-state index in [1.54, 1.807) is 6.92 Å². The average Bonchev–Trinajstić information content (AvgIpc) is 2.74. The Hall–Kier alpha value is -1.92. The molecule has 1 unspecified atom stereocenters. The first-order valence-electron chi connectivity index (χ1n) is 10.6. The number of likely N-dealkylation sites (N-methyl/N-ethyl adjacent to an activating group) is 1. The summed E-state index contributed by atoms with van der Waals surface area (Å²) in [7, 11) is 0. The van der Waals surface area contributed by atoms with E-state index in [1.807, 2.05) is 40.1 Å². The Balaban J connectivity index is 1.48. The van der Waals surface area contributed by atoms with Gasteiger partial charge in [-0.05, 0) is 37.8 Å². The lowest BCUT2D eigenvalue weighted by atomic mass is 9.88. The third kappa shape index (κ3) is 4.73. The number of hydrogen-bond acceptors (Lipinski definition) is 4. The van der Waals surface area contributed by atoms with Gasteiger partial charge >= 0.3 is 0 Å². The van der Waals surface area contributed by atoms with Crippen molar-refractivity contribution in [2.45, 2.75) is 38.6 Å². The number of nitrogens with two attached hydrogens (primary N) is 1. The first-order valence-corrected chi connectivity index (χ1v) is 10.6. The number of piperazine rings is 1. The van der Waals surface area contributed by atoms with Gasteiger partial charge in [0.25, 0.3) is 0 Å². The lowest BCUT2D eigenvalue weighted by molar-refractivity contribution is -0.138. The molecule has 2 N–H and O–H groups in total. The number of piperidine rings is 1. The van der Waals surface area contributed by atoms with Crippen molar-refractivity contribution in [3.63, 3.8) is 0 Å². The highest BCUT2D eigenvalue weighted by Crippen LogP contribution is 2.26. The van der Waals surface area contributed by atoms with E-state index in [-0.39, 0.29) is 11.8 Å². The summed E-state index contributed by atoms with van der Waals surface area (Å²) in [5.41, 5.74) is 6.22. The van der Waals surface area contributed by atoms with Crippen molar-refractivity contribution in [1.29, 1.82) is 0 Å². The Bertz CT molecular complexity index is 660. The summed E-state index contributed by atoms with van der Waals surface area (Å²) < 4.78 is 0. The maximum absolute atomic E-state index is 13.0. The van der Waals surface area contributed by atoms with Crippen molar-refractivity contribution >= 4 is 11.8 Å². The first kappa shape index (κ1) is 20.8. The van der Waals surface area contributed by atoms with E-state index in [0.29, 0.717) is 25.4 Å². The van der Waals surface area contributed by atoms with E-state index in [9.17, 15) is 9.59 Å². The quantitative estimate of drug-likeness (QED) is 0.835. The molecular weight excluding hydrogens is 352 g/mol. The zero-order chi connectivity index (χ0) is 20.1. The van der Waals surface area contributed by atoms with Crippen LogP contribution in [-0.4, -0.2) is 72.3 Å². The van der Waals surface area contributed by atoms with Crippen LogP contribution in [0.1, 0.15) is 38.7 Å². The molecule has 1 aromatic carbocycles. The number of amides is 2. The Morgan fingerprint density at radius 1 is 1.00 bits per heavy atom. The average molecular weight is 387 g/mol. The zero-order valence-corrected chi connectivity index (χ0v) is 17.3. The Kier molecular flexibility index (Phi) is 6.73. The second-order valence-electron chi connectivity index (χ2n) is 8.32. The van der Waals surface area contributed by atoms with Crippen LogP contribution in [0.2, 0.25) is 0 Å². The fraction of sp³-hybridized carbons (Fsp3) is 0.636. The monoisotopic (exact) mass is 386 g/mol. The van der Waals surface area contributed by atoms with Gasteiger partial charge in [-0.15, -0.1) is 0 Å². The largest absolute Gasteiger partial charge is 0.341 e. The molecule has 2 aliphatic heterocycles. The predicted molar refractivity (Wildman–Crippen MR) is 111 cm³/mol. The minimum atomic E-state index is -1.01. The van der Waals surface area contributed by atoms with Gasteiger partial charge in [-0.1, -0.05) is 37.3 Å². The fourth-order valence-electron chi connectivity index (χ4n) is 4.27. The smallest absolute Gasteiger partial charge is 0.246 e. The molecule has 0 radical (unpaired) electrons. The van der Waals surface area contributed by atoms with Crippen LogP contribution in [0.4, 0.5) is 0 Å². The van der Waals surface area contributed by atoms with Gasteiger partial charge in [0.15, 0.2) is 0 Å². The number of hydrogen-bond donors (Lipinski definition) is 1. The maximum Gasteiger partial charge on any atom is 0.246 e. The molecule has 0 aromatic heterocycles. The van der Waals surface area contributed by atoms with Gasteiger partial charge < -0.3 is 20.4 Å². The van der Waals surface area contributed by atoms with Crippen molar-refractivity contribution in [3.05, 3.63) is 35.9 Å². The molecule has 1 aromatic rings. The number of carbonyl (C=O) groups is 2. The van der Waals surface area contributed by atoms with Crippen molar-refractivity contribution in [2.24, 2.45) is 11.7 Å². The molecule has 6 nitrogen and oxygen atoms in total. The highest BCUT2D eigenvalue weighted by atomic mass is 16.2. The molecule has 2 heterocycles. The Morgan fingerprint density at radius 2 is 1.61 bits per heavy atom. The van der Waals surface area contributed by atoms with E-state index in [4.69, 9.17) is 5.73 Å². The van der Waals surface area contributed by atoms with Crippen molar-refractivity contribution < 1.29 is 9.59 Å². The third-order valence-electron chi connectivity index (χ3n) is 6.35. The third-order valence-corrected chi connectivity index (χ3v) is 6.35. The number of benzene rings is 1. The summed E-state index contributed by atoms with van der Waals surface area (Å²) in [6, 6.07) is 9.55. The van der Waals surface area contributed by atoms with Crippen LogP contribution in [-0.2, 0) is 15.1 Å². The standard InChI is InChI=1S/C22H34N4O2/c1-3-24-13-15-25(16-14-24)20(27)17-18-9-11-26(12-10-18)21(28)22(2,23)19-7-5-4-6-8-19/h4-8,18H,3,9-17,23H2,1-2H3. The molecule has 0 spiro atoms. The van der Waals surface area contributed by atoms with Gasteiger partial charge in [0, 0.05) is 45.7 Å². The molecule has 2 fully saturated rings. The van der Waals surface area contributed by atoms with Crippen molar-refractivity contribution in [3.8, 4) is 0 Å². The zero-order valence-electron chi connectivity index (χ0n) is 17.3. The molecule has 28 heavy (non-hydrogen) atoms. The van der Waals surface area contributed by atoms with E-state index in [0.717, 1.165) is 51.1 Å². The Morgan fingerprint density at radius 3 is 2.18 bits per heavy atom. The normalized spacial score (nSPS) is 21.4. The van der Waals surface area contributed by atoms with Gasteiger partial charge in [-0.25, -0.2) is 0 Å². The minimum Gasteiger partial charge on any atom is -0.341 e. The van der Waals surface area contributed by atoms with Crippen molar-refractivity contribution in [1.82, 2.24) is 14.7 Å². The molecule has 3 rings (SSSR count). The summed E-state index contributed by atoms with van der Waals surface area (Å²) in [4.78, 5) is 31.9. The van der Waals surface area contributed by atoms with E-state index < -0.39 is 5.54 Å². The molecular formula is C22H34N4O2. The van der Waals surface area contributed by atoms with Gasteiger partial charge in [-0.3, -0.25) is 9.59 Å². The predicted octanol–water partition coefficient (Wildman–Crippen LogP) is 1.65. The molecule has 2 amide bonds. The van der Waals surface area contributed by atoms with Crippen LogP contribution < -0.4 is 5.73 Å². The van der Waals surface area contributed by atoms with Crippen LogP contribution in [0.3, 0.4) is 0 Å². The van der Waals surface area contributed by atoms with Gasteiger partial charge in [0.2, 0.25) is 11.8 Å². The van der Waals surface area contributed by atoms with E-state index in [2.05, 4.69) is 11.8 Å². The number of rotatable bonds is 5. The SMILES string of the molecule is CCN1CCN(C(=O)CC2CCN(C(=O)C(C)(N)c3ccccc3)CC2)CC1. The minimum absolute atomic E-state index is 0.0286.